The van der Waals surface area contributed by atoms with Crippen molar-refractivity contribution < 1.29 is 4.74 Å². The zero-order valence-electron chi connectivity index (χ0n) is 11.6. The van der Waals surface area contributed by atoms with E-state index in [1.165, 1.54) is 37.7 Å². The lowest BCUT2D eigenvalue weighted by Gasteiger charge is -2.31. The normalized spacial score (nSPS) is 19.4. The van der Waals surface area contributed by atoms with E-state index in [1.54, 1.807) is 0 Å². The summed E-state index contributed by atoms with van der Waals surface area (Å²) in [4.78, 5) is 0. The summed E-state index contributed by atoms with van der Waals surface area (Å²) in [5.74, 6) is 0. The Balaban J connectivity index is 1.98. The van der Waals surface area contributed by atoms with Gasteiger partial charge >= 0.3 is 0 Å². The zero-order chi connectivity index (χ0) is 14.4. The van der Waals surface area contributed by atoms with E-state index in [2.05, 4.69) is 72.1 Å². The molecule has 0 bridgehead atoms. The third-order valence-corrected chi connectivity index (χ3v) is 6.85. The molecule has 4 heteroatoms. The molecule has 1 nitrogen and oxygen atoms in total. The Morgan fingerprint density at radius 3 is 2.40 bits per heavy atom. The Morgan fingerprint density at radius 1 is 1.15 bits per heavy atom. The third-order valence-electron chi connectivity index (χ3n) is 4.17. The van der Waals surface area contributed by atoms with Gasteiger partial charge in [-0.05, 0) is 49.8 Å². The minimum absolute atomic E-state index is 0.180. The number of hydrogen-bond acceptors (Lipinski definition) is 1. The van der Waals surface area contributed by atoms with Crippen LogP contribution in [-0.2, 0) is 10.2 Å². The van der Waals surface area contributed by atoms with Crippen LogP contribution in [0.2, 0.25) is 0 Å². The zero-order valence-corrected chi connectivity index (χ0v) is 16.3. The molecular weight excluding hydrogens is 448 g/mol. The second-order valence-electron chi connectivity index (χ2n) is 5.58. The number of halogens is 3. The maximum absolute atomic E-state index is 5.73. The number of ether oxygens (including phenoxy) is 1. The lowest BCUT2D eigenvalue weighted by molar-refractivity contribution is 0.101. The molecule has 0 N–H and O–H groups in total. The largest absolute Gasteiger partial charge is 0.378 e. The van der Waals surface area contributed by atoms with Crippen molar-refractivity contribution in [1.82, 2.24) is 0 Å². The first-order chi connectivity index (χ1) is 9.70. The molecule has 1 fully saturated rings. The summed E-state index contributed by atoms with van der Waals surface area (Å²) < 4.78 is 6.86. The lowest BCUT2D eigenvalue weighted by atomic mass is 9.80. The number of rotatable bonds is 7. The number of alkyl halides is 2. The highest BCUT2D eigenvalue weighted by molar-refractivity contribution is 9.10. The predicted octanol–water partition coefficient (Wildman–Crippen LogP) is 5.83. The van der Waals surface area contributed by atoms with E-state index in [-0.39, 0.29) is 5.41 Å². The fourth-order valence-corrected chi connectivity index (χ4v) is 5.21. The van der Waals surface area contributed by atoms with Crippen LogP contribution in [0, 0.1) is 0 Å². The highest BCUT2D eigenvalue weighted by Crippen LogP contribution is 2.35. The lowest BCUT2D eigenvalue weighted by Crippen LogP contribution is -2.30. The highest BCUT2D eigenvalue weighted by Gasteiger charge is 2.30. The molecule has 0 aromatic heterocycles. The predicted molar refractivity (Wildman–Crippen MR) is 96.2 cm³/mol. The van der Waals surface area contributed by atoms with Crippen LogP contribution in [0.3, 0.4) is 0 Å². The van der Waals surface area contributed by atoms with Gasteiger partial charge in [-0.25, -0.2) is 0 Å². The van der Waals surface area contributed by atoms with Gasteiger partial charge in [0.2, 0.25) is 0 Å². The molecule has 0 amide bonds. The molecule has 1 aromatic carbocycles. The Morgan fingerprint density at radius 2 is 1.85 bits per heavy atom. The maximum Gasteiger partial charge on any atom is 0.0576 e. The Kier molecular flexibility index (Phi) is 7.05. The summed E-state index contributed by atoms with van der Waals surface area (Å²) in [6.07, 6.45) is 6.58. The van der Waals surface area contributed by atoms with Crippen LogP contribution in [0.5, 0.6) is 0 Å². The Labute approximate surface area is 147 Å². The van der Waals surface area contributed by atoms with E-state index in [0.717, 1.165) is 21.7 Å². The van der Waals surface area contributed by atoms with E-state index in [9.17, 15) is 0 Å². The number of hydrogen-bond donors (Lipinski definition) is 0. The Bertz CT molecular complexity index is 395. The average Bonchev–Trinajstić information content (AvgIpc) is 2.98. The first kappa shape index (κ1) is 17.0. The summed E-state index contributed by atoms with van der Waals surface area (Å²) in [6, 6.07) is 8.74. The van der Waals surface area contributed by atoms with Crippen molar-refractivity contribution in [2.75, 3.05) is 17.3 Å². The van der Waals surface area contributed by atoms with Crippen molar-refractivity contribution in [1.29, 1.82) is 0 Å². The maximum atomic E-state index is 5.73. The van der Waals surface area contributed by atoms with Crippen molar-refractivity contribution in [3.05, 3.63) is 34.3 Å². The molecule has 1 heterocycles. The summed E-state index contributed by atoms with van der Waals surface area (Å²) in [7, 11) is 0. The van der Waals surface area contributed by atoms with Crippen LogP contribution < -0.4 is 0 Å². The van der Waals surface area contributed by atoms with Crippen molar-refractivity contribution in [3.63, 3.8) is 0 Å². The average molecular weight is 469 g/mol. The first-order valence-corrected chi connectivity index (χ1v) is 10.2. The third kappa shape index (κ3) is 4.31. The smallest absolute Gasteiger partial charge is 0.0576 e. The summed E-state index contributed by atoms with van der Waals surface area (Å²) >= 11 is 11.0. The molecule has 1 aliphatic rings. The van der Waals surface area contributed by atoms with Crippen LogP contribution >= 0.6 is 47.8 Å². The quantitative estimate of drug-likeness (QED) is 0.458. The van der Waals surface area contributed by atoms with Gasteiger partial charge in [0, 0.05) is 27.2 Å². The monoisotopic (exact) mass is 466 g/mol. The van der Waals surface area contributed by atoms with Gasteiger partial charge < -0.3 is 4.74 Å². The number of benzene rings is 1. The van der Waals surface area contributed by atoms with Gasteiger partial charge in [-0.15, -0.1) is 0 Å². The summed E-state index contributed by atoms with van der Waals surface area (Å²) in [5.41, 5.74) is 1.58. The molecular formula is C16H21Br3O. The van der Waals surface area contributed by atoms with Crippen LogP contribution in [-0.4, -0.2) is 23.4 Å². The molecule has 0 spiro atoms. The molecule has 1 aliphatic heterocycles. The molecule has 112 valence electrons. The van der Waals surface area contributed by atoms with Gasteiger partial charge in [0.25, 0.3) is 0 Å². The van der Waals surface area contributed by atoms with E-state index in [1.807, 2.05) is 0 Å². The summed E-state index contributed by atoms with van der Waals surface area (Å²) in [5, 5.41) is 1.97. The van der Waals surface area contributed by atoms with Crippen molar-refractivity contribution in [2.45, 2.75) is 43.6 Å². The van der Waals surface area contributed by atoms with Gasteiger partial charge in [0.05, 0.1) is 6.10 Å². The first-order valence-electron chi connectivity index (χ1n) is 7.20. The van der Waals surface area contributed by atoms with Crippen molar-refractivity contribution in [2.24, 2.45) is 0 Å². The van der Waals surface area contributed by atoms with Crippen LogP contribution in [0.1, 0.15) is 37.7 Å². The second kappa shape index (κ2) is 8.30. The van der Waals surface area contributed by atoms with Gasteiger partial charge in [-0.3, -0.25) is 0 Å². The van der Waals surface area contributed by atoms with Gasteiger partial charge in [-0.1, -0.05) is 59.9 Å². The minimum Gasteiger partial charge on any atom is -0.378 e. The van der Waals surface area contributed by atoms with Gasteiger partial charge in [0.1, 0.15) is 0 Å². The van der Waals surface area contributed by atoms with E-state index in [4.69, 9.17) is 4.74 Å². The molecule has 1 aromatic rings. The molecule has 1 saturated heterocycles. The topological polar surface area (TPSA) is 9.23 Å². The molecule has 2 rings (SSSR count). The fraction of sp³-hybridized carbons (Fsp3) is 0.625. The SMILES string of the molecule is BrCC(CBr)(CCCC1CCCO1)c1ccc(Br)cc1. The van der Waals surface area contributed by atoms with Crippen molar-refractivity contribution in [3.8, 4) is 0 Å². The molecule has 20 heavy (non-hydrogen) atoms. The Hall–Kier alpha value is 0.620. The van der Waals surface area contributed by atoms with E-state index in [0.29, 0.717) is 6.10 Å². The van der Waals surface area contributed by atoms with Gasteiger partial charge in [-0.2, -0.15) is 0 Å². The highest BCUT2D eigenvalue weighted by atomic mass is 79.9. The standard InChI is InChI=1S/C16H21Br3O/c17-11-16(12-18,13-5-7-14(19)8-6-13)9-1-3-15-4-2-10-20-15/h5-8,15H,1-4,9-12H2. The van der Waals surface area contributed by atoms with Crippen LogP contribution in [0.15, 0.2) is 28.7 Å². The van der Waals surface area contributed by atoms with Gasteiger partial charge in [0.15, 0.2) is 0 Å². The van der Waals surface area contributed by atoms with E-state index < -0.39 is 0 Å². The van der Waals surface area contributed by atoms with Crippen LogP contribution in [0.25, 0.3) is 0 Å². The summed E-state index contributed by atoms with van der Waals surface area (Å²) in [6.45, 7) is 0.958. The molecule has 0 radical (unpaired) electrons. The van der Waals surface area contributed by atoms with E-state index >= 15 is 0 Å². The van der Waals surface area contributed by atoms with Crippen LogP contribution in [0.4, 0.5) is 0 Å². The molecule has 0 aliphatic carbocycles. The van der Waals surface area contributed by atoms with Crippen molar-refractivity contribution >= 4 is 47.8 Å². The second-order valence-corrected chi connectivity index (χ2v) is 7.62. The molecule has 0 saturated carbocycles. The molecule has 1 atom stereocenters. The fourth-order valence-electron chi connectivity index (χ4n) is 2.81. The minimum atomic E-state index is 0.180. The molecule has 1 unspecified atom stereocenters.